The van der Waals surface area contributed by atoms with Crippen LogP contribution in [0, 0.1) is 23.7 Å². The van der Waals surface area contributed by atoms with E-state index < -0.39 is 0 Å². The molecule has 0 aromatic rings. The van der Waals surface area contributed by atoms with E-state index in [9.17, 15) is 0 Å². The Morgan fingerprint density at radius 2 is 1.50 bits per heavy atom. The summed E-state index contributed by atoms with van der Waals surface area (Å²) in [4.78, 5) is 0. The molecule has 1 heteroatoms. The lowest BCUT2D eigenvalue weighted by atomic mass is 9.87. The number of hydrogen-bond donors (Lipinski definition) is 1. The van der Waals surface area contributed by atoms with E-state index in [2.05, 4.69) is 53.8 Å². The molecule has 0 amide bonds. The van der Waals surface area contributed by atoms with Crippen molar-refractivity contribution >= 4 is 0 Å². The highest BCUT2D eigenvalue weighted by atomic mass is 14.9. The first-order valence-electron chi connectivity index (χ1n) is 8.11. The highest BCUT2D eigenvalue weighted by Gasteiger charge is 2.16. The molecule has 3 atom stereocenters. The van der Waals surface area contributed by atoms with Crippen LogP contribution in [0.2, 0.25) is 0 Å². The topological polar surface area (TPSA) is 12.0 Å². The summed E-state index contributed by atoms with van der Waals surface area (Å²) >= 11 is 0. The fourth-order valence-electron chi connectivity index (χ4n) is 2.43. The van der Waals surface area contributed by atoms with Gasteiger partial charge in [-0.1, -0.05) is 60.8 Å². The van der Waals surface area contributed by atoms with Crippen LogP contribution in [0.3, 0.4) is 0 Å². The minimum absolute atomic E-state index is 0.673. The summed E-state index contributed by atoms with van der Waals surface area (Å²) in [7, 11) is 0. The summed E-state index contributed by atoms with van der Waals surface area (Å²) < 4.78 is 0. The Morgan fingerprint density at radius 1 is 0.889 bits per heavy atom. The third-order valence-electron chi connectivity index (χ3n) is 4.45. The van der Waals surface area contributed by atoms with Crippen molar-refractivity contribution < 1.29 is 0 Å². The average molecular weight is 255 g/mol. The van der Waals surface area contributed by atoms with Gasteiger partial charge in [-0.15, -0.1) is 0 Å². The normalized spacial score (nSPS) is 17.2. The third-order valence-corrected chi connectivity index (χ3v) is 4.45. The van der Waals surface area contributed by atoms with E-state index in [4.69, 9.17) is 0 Å². The predicted molar refractivity (Wildman–Crippen MR) is 83.9 cm³/mol. The highest BCUT2D eigenvalue weighted by Crippen LogP contribution is 2.22. The maximum atomic E-state index is 3.69. The van der Waals surface area contributed by atoms with Gasteiger partial charge in [-0.2, -0.15) is 0 Å². The largest absolute Gasteiger partial charge is 0.314 e. The molecule has 1 nitrogen and oxygen atoms in total. The molecule has 0 saturated heterocycles. The third kappa shape index (κ3) is 8.13. The lowest BCUT2D eigenvalue weighted by molar-refractivity contribution is 0.302. The standard InChI is InChI=1S/C17H37N/c1-8-17(16(7)18-12-13(2)3)11-9-10-15(6)14(4)5/h13-18H,8-12H2,1-7H3. The Kier molecular flexibility index (Phi) is 9.81. The van der Waals surface area contributed by atoms with E-state index in [1.807, 2.05) is 0 Å². The second kappa shape index (κ2) is 9.83. The molecule has 0 fully saturated rings. The zero-order valence-electron chi connectivity index (χ0n) is 13.9. The quantitative estimate of drug-likeness (QED) is 0.572. The molecule has 0 aromatic heterocycles. The molecule has 0 aromatic carbocycles. The molecule has 0 rings (SSSR count). The van der Waals surface area contributed by atoms with Gasteiger partial charge in [0.05, 0.1) is 0 Å². The van der Waals surface area contributed by atoms with Gasteiger partial charge in [-0.25, -0.2) is 0 Å². The number of hydrogen-bond acceptors (Lipinski definition) is 1. The van der Waals surface area contributed by atoms with Gasteiger partial charge in [-0.3, -0.25) is 0 Å². The minimum Gasteiger partial charge on any atom is -0.314 e. The first-order chi connectivity index (χ1) is 8.38. The molecule has 0 aliphatic rings. The van der Waals surface area contributed by atoms with Gasteiger partial charge in [0.1, 0.15) is 0 Å². The fourth-order valence-corrected chi connectivity index (χ4v) is 2.43. The SMILES string of the molecule is CCC(CCCC(C)C(C)C)C(C)NCC(C)C. The van der Waals surface area contributed by atoms with Crippen LogP contribution in [0.4, 0.5) is 0 Å². The molecule has 3 unspecified atom stereocenters. The van der Waals surface area contributed by atoms with Crippen molar-refractivity contribution in [3.05, 3.63) is 0 Å². The van der Waals surface area contributed by atoms with Crippen LogP contribution >= 0.6 is 0 Å². The summed E-state index contributed by atoms with van der Waals surface area (Å²) in [6.07, 6.45) is 5.48. The average Bonchev–Trinajstić information content (AvgIpc) is 2.31. The molecule has 0 heterocycles. The zero-order valence-corrected chi connectivity index (χ0v) is 13.9. The monoisotopic (exact) mass is 255 g/mol. The smallest absolute Gasteiger partial charge is 0.00670 e. The molecular weight excluding hydrogens is 218 g/mol. The van der Waals surface area contributed by atoms with Crippen molar-refractivity contribution in [1.29, 1.82) is 0 Å². The molecule has 18 heavy (non-hydrogen) atoms. The summed E-state index contributed by atoms with van der Waals surface area (Å²) in [5.74, 6) is 3.32. The Balaban J connectivity index is 3.88. The van der Waals surface area contributed by atoms with Gasteiger partial charge in [-0.05, 0) is 43.6 Å². The van der Waals surface area contributed by atoms with Crippen molar-refractivity contribution in [3.63, 3.8) is 0 Å². The second-order valence-electron chi connectivity index (χ2n) is 6.91. The maximum absolute atomic E-state index is 3.69. The van der Waals surface area contributed by atoms with Crippen LogP contribution in [0.5, 0.6) is 0 Å². The summed E-state index contributed by atoms with van der Waals surface area (Å²) in [5, 5.41) is 3.69. The van der Waals surface area contributed by atoms with E-state index in [0.717, 1.165) is 30.2 Å². The van der Waals surface area contributed by atoms with Crippen LogP contribution in [0.25, 0.3) is 0 Å². The molecule has 110 valence electrons. The van der Waals surface area contributed by atoms with E-state index in [1.165, 1.54) is 25.7 Å². The zero-order chi connectivity index (χ0) is 14.1. The molecule has 0 aliphatic heterocycles. The maximum Gasteiger partial charge on any atom is 0.00670 e. The highest BCUT2D eigenvalue weighted by molar-refractivity contribution is 4.72. The van der Waals surface area contributed by atoms with Crippen LogP contribution in [-0.2, 0) is 0 Å². The Hall–Kier alpha value is -0.0400. The van der Waals surface area contributed by atoms with Gasteiger partial charge in [0.2, 0.25) is 0 Å². The Morgan fingerprint density at radius 3 is 1.94 bits per heavy atom. The van der Waals surface area contributed by atoms with Crippen LogP contribution in [-0.4, -0.2) is 12.6 Å². The molecule has 0 radical (unpaired) electrons. The first-order valence-corrected chi connectivity index (χ1v) is 8.11. The molecule has 0 bridgehead atoms. The molecule has 0 saturated carbocycles. The van der Waals surface area contributed by atoms with Gasteiger partial charge in [0.15, 0.2) is 0 Å². The number of nitrogens with one attached hydrogen (secondary N) is 1. The number of rotatable bonds is 10. The Labute approximate surface area is 116 Å². The van der Waals surface area contributed by atoms with Crippen molar-refractivity contribution in [1.82, 2.24) is 5.32 Å². The van der Waals surface area contributed by atoms with Crippen molar-refractivity contribution in [2.45, 2.75) is 80.2 Å². The van der Waals surface area contributed by atoms with Crippen molar-refractivity contribution in [2.75, 3.05) is 6.54 Å². The van der Waals surface area contributed by atoms with Crippen LogP contribution in [0.15, 0.2) is 0 Å². The van der Waals surface area contributed by atoms with Crippen LogP contribution in [0.1, 0.15) is 74.1 Å². The van der Waals surface area contributed by atoms with E-state index in [-0.39, 0.29) is 0 Å². The lowest BCUT2D eigenvalue weighted by Crippen LogP contribution is -2.35. The van der Waals surface area contributed by atoms with Crippen molar-refractivity contribution in [2.24, 2.45) is 23.7 Å². The van der Waals surface area contributed by atoms with E-state index in [1.54, 1.807) is 0 Å². The molecule has 1 N–H and O–H groups in total. The van der Waals surface area contributed by atoms with Crippen LogP contribution < -0.4 is 5.32 Å². The van der Waals surface area contributed by atoms with E-state index in [0.29, 0.717) is 6.04 Å². The van der Waals surface area contributed by atoms with E-state index >= 15 is 0 Å². The molecular formula is C17H37N. The lowest BCUT2D eigenvalue weighted by Gasteiger charge is -2.25. The first kappa shape index (κ1) is 18.0. The second-order valence-corrected chi connectivity index (χ2v) is 6.91. The summed E-state index contributed by atoms with van der Waals surface area (Å²) in [6, 6.07) is 0.673. The summed E-state index contributed by atoms with van der Waals surface area (Å²) in [6.45, 7) is 17.5. The minimum atomic E-state index is 0.673. The van der Waals surface area contributed by atoms with Gasteiger partial charge in [0.25, 0.3) is 0 Å². The predicted octanol–water partition coefficient (Wildman–Crippen LogP) is 5.11. The van der Waals surface area contributed by atoms with Gasteiger partial charge in [0, 0.05) is 6.04 Å². The molecule has 0 aliphatic carbocycles. The van der Waals surface area contributed by atoms with Crippen molar-refractivity contribution in [3.8, 4) is 0 Å². The molecule has 0 spiro atoms. The summed E-state index contributed by atoms with van der Waals surface area (Å²) in [5.41, 5.74) is 0. The van der Waals surface area contributed by atoms with Gasteiger partial charge >= 0.3 is 0 Å². The Bertz CT molecular complexity index is 186. The fraction of sp³-hybridized carbons (Fsp3) is 1.00. The van der Waals surface area contributed by atoms with Gasteiger partial charge < -0.3 is 5.32 Å².